The number of nitrogens with two attached hydrogens (primary N) is 1. The summed E-state index contributed by atoms with van der Waals surface area (Å²) in [5.74, 6) is 0.358. The van der Waals surface area contributed by atoms with Crippen molar-refractivity contribution in [3.05, 3.63) is 30.1 Å². The molecule has 1 aromatic heterocycles. The number of aromatic nitrogens is 1. The second kappa shape index (κ2) is 5.92. The number of carbonyl (C=O) groups excluding carboxylic acids is 1. The molecule has 2 rings (SSSR count). The van der Waals surface area contributed by atoms with E-state index in [1.54, 1.807) is 12.4 Å². The molecular weight excluding hydrogens is 212 g/mol. The molecule has 1 heterocycles. The number of hydrogen-bond donors (Lipinski definition) is 1. The summed E-state index contributed by atoms with van der Waals surface area (Å²) in [5.41, 5.74) is 7.14. The summed E-state index contributed by atoms with van der Waals surface area (Å²) in [7, 11) is 0. The highest BCUT2D eigenvalue weighted by molar-refractivity contribution is 5.83. The Morgan fingerprint density at radius 1 is 1.24 bits per heavy atom. The first kappa shape index (κ1) is 12.2. The van der Waals surface area contributed by atoms with Crippen LogP contribution < -0.4 is 5.73 Å². The number of ketones is 1. The van der Waals surface area contributed by atoms with Gasteiger partial charge in [0.15, 0.2) is 0 Å². The summed E-state index contributed by atoms with van der Waals surface area (Å²) in [5, 5.41) is 0. The van der Waals surface area contributed by atoms with E-state index >= 15 is 0 Å². The molecule has 1 aliphatic carbocycles. The Morgan fingerprint density at radius 3 is 2.71 bits per heavy atom. The molecule has 0 spiro atoms. The third-order valence-corrected chi connectivity index (χ3v) is 3.61. The highest BCUT2D eigenvalue weighted by atomic mass is 16.1. The number of rotatable bonds is 3. The van der Waals surface area contributed by atoms with Crippen molar-refractivity contribution in [2.75, 3.05) is 0 Å². The lowest BCUT2D eigenvalue weighted by Gasteiger charge is -2.19. The fourth-order valence-corrected chi connectivity index (χ4v) is 2.57. The Hall–Kier alpha value is -1.22. The number of nitrogens with zero attached hydrogens (tertiary/aromatic N) is 1. The molecule has 17 heavy (non-hydrogen) atoms. The van der Waals surface area contributed by atoms with E-state index in [4.69, 9.17) is 5.73 Å². The van der Waals surface area contributed by atoms with Gasteiger partial charge in [0.2, 0.25) is 0 Å². The summed E-state index contributed by atoms with van der Waals surface area (Å²) in [6, 6.07) is 3.87. The number of pyridine rings is 1. The van der Waals surface area contributed by atoms with Gasteiger partial charge < -0.3 is 5.73 Å². The van der Waals surface area contributed by atoms with Gasteiger partial charge in [-0.15, -0.1) is 0 Å². The Kier molecular flexibility index (Phi) is 4.26. The van der Waals surface area contributed by atoms with E-state index in [0.717, 1.165) is 24.8 Å². The molecule has 0 amide bonds. The zero-order valence-electron chi connectivity index (χ0n) is 10.1. The minimum atomic E-state index is 0.0608. The lowest BCUT2D eigenvalue weighted by Crippen LogP contribution is -2.35. The van der Waals surface area contributed by atoms with Crippen molar-refractivity contribution in [2.24, 2.45) is 11.7 Å². The molecule has 0 aromatic carbocycles. The van der Waals surface area contributed by atoms with E-state index in [-0.39, 0.29) is 12.0 Å². The van der Waals surface area contributed by atoms with Crippen LogP contribution in [-0.2, 0) is 11.2 Å². The second-order valence-corrected chi connectivity index (χ2v) is 4.91. The molecule has 3 nitrogen and oxygen atoms in total. The molecular formula is C14H20N2O. The van der Waals surface area contributed by atoms with E-state index in [9.17, 15) is 4.79 Å². The molecule has 3 heteroatoms. The normalized spacial score (nSPS) is 25.2. The molecule has 0 saturated heterocycles. The van der Waals surface area contributed by atoms with Crippen molar-refractivity contribution in [1.29, 1.82) is 0 Å². The van der Waals surface area contributed by atoms with Gasteiger partial charge in [0.25, 0.3) is 0 Å². The fourth-order valence-electron chi connectivity index (χ4n) is 2.57. The van der Waals surface area contributed by atoms with Gasteiger partial charge in [0, 0.05) is 30.8 Å². The number of hydrogen-bond acceptors (Lipinski definition) is 3. The van der Waals surface area contributed by atoms with Gasteiger partial charge in [-0.25, -0.2) is 0 Å². The predicted octanol–water partition coefficient (Wildman–Crippen LogP) is 2.10. The summed E-state index contributed by atoms with van der Waals surface area (Å²) in [4.78, 5) is 16.2. The number of Topliss-reactive ketones (excluding diaryl/α,β-unsaturated/α-hetero) is 1. The minimum absolute atomic E-state index is 0.0608. The molecule has 1 aliphatic rings. The van der Waals surface area contributed by atoms with Gasteiger partial charge in [-0.3, -0.25) is 9.78 Å². The fraction of sp³-hybridized carbons (Fsp3) is 0.571. The van der Waals surface area contributed by atoms with E-state index in [0.29, 0.717) is 12.2 Å². The summed E-state index contributed by atoms with van der Waals surface area (Å²) in [6.45, 7) is 0. The minimum Gasteiger partial charge on any atom is -0.327 e. The van der Waals surface area contributed by atoms with Crippen LogP contribution in [0, 0.1) is 5.92 Å². The number of carbonyl (C=O) groups is 1. The quantitative estimate of drug-likeness (QED) is 0.812. The van der Waals surface area contributed by atoms with Crippen molar-refractivity contribution >= 4 is 5.78 Å². The zero-order chi connectivity index (χ0) is 12.1. The van der Waals surface area contributed by atoms with E-state index < -0.39 is 0 Å². The van der Waals surface area contributed by atoms with Crippen molar-refractivity contribution in [2.45, 2.75) is 44.6 Å². The zero-order valence-corrected chi connectivity index (χ0v) is 10.1. The smallest absolute Gasteiger partial charge is 0.141 e. The van der Waals surface area contributed by atoms with Crippen LogP contribution in [0.15, 0.2) is 24.5 Å². The van der Waals surface area contributed by atoms with Gasteiger partial charge in [0.05, 0.1) is 0 Å². The molecule has 0 aliphatic heterocycles. The summed E-state index contributed by atoms with van der Waals surface area (Å²) < 4.78 is 0. The second-order valence-electron chi connectivity index (χ2n) is 4.91. The SMILES string of the molecule is NC1CCCCCC1C(=O)Cc1ccncc1. The third kappa shape index (κ3) is 3.37. The van der Waals surface area contributed by atoms with Gasteiger partial charge in [-0.05, 0) is 30.5 Å². The van der Waals surface area contributed by atoms with Crippen LogP contribution in [0.1, 0.15) is 37.7 Å². The molecule has 1 aromatic rings. The van der Waals surface area contributed by atoms with Gasteiger partial charge >= 0.3 is 0 Å². The van der Waals surface area contributed by atoms with Gasteiger partial charge in [-0.2, -0.15) is 0 Å². The van der Waals surface area contributed by atoms with E-state index in [2.05, 4.69) is 4.98 Å². The van der Waals surface area contributed by atoms with Crippen LogP contribution >= 0.6 is 0 Å². The molecule has 0 radical (unpaired) electrons. The first-order chi connectivity index (χ1) is 8.27. The van der Waals surface area contributed by atoms with Crippen LogP contribution in [-0.4, -0.2) is 16.8 Å². The molecule has 2 unspecified atom stereocenters. The molecule has 1 fully saturated rings. The van der Waals surface area contributed by atoms with E-state index in [1.165, 1.54) is 12.8 Å². The molecule has 0 bridgehead atoms. The van der Waals surface area contributed by atoms with Crippen molar-refractivity contribution in [3.63, 3.8) is 0 Å². The Morgan fingerprint density at radius 2 is 1.94 bits per heavy atom. The van der Waals surface area contributed by atoms with Crippen molar-refractivity contribution in [3.8, 4) is 0 Å². The first-order valence-corrected chi connectivity index (χ1v) is 6.44. The van der Waals surface area contributed by atoms with Crippen LogP contribution in [0.3, 0.4) is 0 Å². The summed E-state index contributed by atoms with van der Waals surface area (Å²) in [6.07, 6.45) is 9.44. The topological polar surface area (TPSA) is 56.0 Å². The summed E-state index contributed by atoms with van der Waals surface area (Å²) >= 11 is 0. The van der Waals surface area contributed by atoms with E-state index in [1.807, 2.05) is 12.1 Å². The maximum absolute atomic E-state index is 12.2. The maximum Gasteiger partial charge on any atom is 0.141 e. The largest absolute Gasteiger partial charge is 0.327 e. The predicted molar refractivity (Wildman–Crippen MR) is 67.5 cm³/mol. The van der Waals surface area contributed by atoms with Crippen LogP contribution in [0.2, 0.25) is 0 Å². The third-order valence-electron chi connectivity index (χ3n) is 3.61. The lowest BCUT2D eigenvalue weighted by molar-refractivity contribution is -0.123. The average Bonchev–Trinajstić information content (AvgIpc) is 2.55. The molecule has 2 N–H and O–H groups in total. The Balaban J connectivity index is 1.99. The lowest BCUT2D eigenvalue weighted by atomic mass is 9.88. The van der Waals surface area contributed by atoms with Crippen molar-refractivity contribution in [1.82, 2.24) is 4.98 Å². The highest BCUT2D eigenvalue weighted by Crippen LogP contribution is 2.24. The van der Waals surface area contributed by atoms with Gasteiger partial charge in [0.1, 0.15) is 5.78 Å². The van der Waals surface area contributed by atoms with Crippen molar-refractivity contribution < 1.29 is 4.79 Å². The van der Waals surface area contributed by atoms with Crippen LogP contribution in [0.4, 0.5) is 0 Å². The molecule has 2 atom stereocenters. The average molecular weight is 232 g/mol. The standard InChI is InChI=1S/C14H20N2O/c15-13-5-3-1-2-4-12(13)14(17)10-11-6-8-16-9-7-11/h6-9,12-13H,1-5,10,15H2. The van der Waals surface area contributed by atoms with Crippen LogP contribution in [0.5, 0.6) is 0 Å². The Bertz CT molecular complexity index is 364. The first-order valence-electron chi connectivity index (χ1n) is 6.44. The van der Waals surface area contributed by atoms with Crippen LogP contribution in [0.25, 0.3) is 0 Å². The van der Waals surface area contributed by atoms with Gasteiger partial charge in [-0.1, -0.05) is 19.3 Å². The Labute approximate surface area is 102 Å². The maximum atomic E-state index is 12.2. The highest BCUT2D eigenvalue weighted by Gasteiger charge is 2.26. The molecule has 1 saturated carbocycles. The molecule has 92 valence electrons. The monoisotopic (exact) mass is 232 g/mol.